The van der Waals surface area contributed by atoms with Crippen LogP contribution < -0.4 is 20.1 Å². The Morgan fingerprint density at radius 3 is 2.36 bits per heavy atom. The van der Waals surface area contributed by atoms with Gasteiger partial charge in [0.05, 0.1) is 31.3 Å². The Morgan fingerprint density at radius 1 is 1.18 bits per heavy atom. The highest BCUT2D eigenvalue weighted by atomic mass is 16.6. The van der Waals surface area contributed by atoms with E-state index in [2.05, 4.69) is 10.6 Å². The standard InChI is InChI=1S/C19H23N3O6/c1-12(11-23)21-18-5-4-14(22(25)26)8-17(18)19(24)20-10-13-6-15(27-2)9-16(7-13)28-3/h4-9,12,21,23H,10-11H2,1-3H3,(H,20,24)/t12-/m0/s1. The average Bonchev–Trinajstić information content (AvgIpc) is 2.71. The van der Waals surface area contributed by atoms with Gasteiger partial charge in [-0.05, 0) is 30.7 Å². The van der Waals surface area contributed by atoms with Crippen molar-refractivity contribution in [2.24, 2.45) is 0 Å². The zero-order chi connectivity index (χ0) is 20.7. The highest BCUT2D eigenvalue weighted by Crippen LogP contribution is 2.24. The minimum atomic E-state index is -0.567. The summed E-state index contributed by atoms with van der Waals surface area (Å²) in [6.45, 7) is 1.75. The Balaban J connectivity index is 2.24. The average molecular weight is 389 g/mol. The molecule has 9 heteroatoms. The molecular weight excluding hydrogens is 366 g/mol. The summed E-state index contributed by atoms with van der Waals surface area (Å²) in [5.74, 6) is 0.675. The van der Waals surface area contributed by atoms with Gasteiger partial charge in [0.2, 0.25) is 0 Å². The van der Waals surface area contributed by atoms with Crippen LogP contribution in [0.15, 0.2) is 36.4 Å². The van der Waals surface area contributed by atoms with Crippen LogP contribution >= 0.6 is 0 Å². The van der Waals surface area contributed by atoms with E-state index in [4.69, 9.17) is 9.47 Å². The molecule has 0 saturated heterocycles. The predicted octanol–water partition coefficient (Wildman–Crippen LogP) is 2.33. The molecular formula is C19H23N3O6. The minimum absolute atomic E-state index is 0.115. The summed E-state index contributed by atoms with van der Waals surface area (Å²) < 4.78 is 10.4. The SMILES string of the molecule is COc1cc(CNC(=O)c2cc([N+](=O)[O-])ccc2N[C@@H](C)CO)cc(OC)c1. The number of amides is 1. The van der Waals surface area contributed by atoms with Crippen molar-refractivity contribution < 1.29 is 24.3 Å². The molecule has 0 heterocycles. The number of hydrogen-bond donors (Lipinski definition) is 3. The molecule has 0 unspecified atom stereocenters. The van der Waals surface area contributed by atoms with Gasteiger partial charge in [0.1, 0.15) is 11.5 Å². The van der Waals surface area contributed by atoms with E-state index in [-0.39, 0.29) is 30.4 Å². The highest BCUT2D eigenvalue weighted by Gasteiger charge is 2.18. The predicted molar refractivity (Wildman–Crippen MR) is 104 cm³/mol. The molecule has 150 valence electrons. The monoisotopic (exact) mass is 389 g/mol. The molecule has 0 bridgehead atoms. The Morgan fingerprint density at radius 2 is 1.82 bits per heavy atom. The summed E-state index contributed by atoms with van der Waals surface area (Å²) in [4.78, 5) is 23.2. The van der Waals surface area contributed by atoms with Gasteiger partial charge >= 0.3 is 0 Å². The van der Waals surface area contributed by atoms with E-state index in [1.165, 1.54) is 32.4 Å². The van der Waals surface area contributed by atoms with Crippen molar-refractivity contribution in [1.82, 2.24) is 5.32 Å². The zero-order valence-corrected chi connectivity index (χ0v) is 15.9. The number of non-ortho nitro benzene ring substituents is 1. The van der Waals surface area contributed by atoms with Crippen LogP contribution in [0.1, 0.15) is 22.8 Å². The van der Waals surface area contributed by atoms with Crippen LogP contribution in [-0.4, -0.2) is 42.8 Å². The topological polar surface area (TPSA) is 123 Å². The summed E-state index contributed by atoms with van der Waals surface area (Å²) in [6.07, 6.45) is 0. The first-order chi connectivity index (χ1) is 13.4. The number of carbonyl (C=O) groups is 1. The number of methoxy groups -OCH3 is 2. The first kappa shape index (κ1) is 21.0. The molecule has 3 N–H and O–H groups in total. The summed E-state index contributed by atoms with van der Waals surface area (Å²) in [5, 5.41) is 26.0. The first-order valence-corrected chi connectivity index (χ1v) is 8.54. The molecule has 0 aliphatic carbocycles. The number of nitro groups is 1. The second-order valence-electron chi connectivity index (χ2n) is 6.12. The van der Waals surface area contributed by atoms with Crippen molar-refractivity contribution in [1.29, 1.82) is 0 Å². The third-order valence-electron chi connectivity index (χ3n) is 4.00. The summed E-state index contributed by atoms with van der Waals surface area (Å²) in [5.41, 5.74) is 1.06. The number of nitrogens with one attached hydrogen (secondary N) is 2. The Kier molecular flexibility index (Phi) is 7.16. The number of aliphatic hydroxyl groups excluding tert-OH is 1. The third kappa shape index (κ3) is 5.34. The van der Waals surface area contributed by atoms with Crippen molar-refractivity contribution in [2.75, 3.05) is 26.1 Å². The lowest BCUT2D eigenvalue weighted by Crippen LogP contribution is -2.26. The number of ether oxygens (including phenoxy) is 2. The van der Waals surface area contributed by atoms with Gasteiger partial charge in [-0.2, -0.15) is 0 Å². The summed E-state index contributed by atoms with van der Waals surface area (Å²) in [6, 6.07) is 8.85. The fraction of sp³-hybridized carbons (Fsp3) is 0.316. The second kappa shape index (κ2) is 9.56. The molecule has 2 aromatic carbocycles. The van der Waals surface area contributed by atoms with E-state index in [1.807, 2.05) is 0 Å². The number of hydrogen-bond acceptors (Lipinski definition) is 7. The molecule has 0 saturated carbocycles. The van der Waals surface area contributed by atoms with Gasteiger partial charge < -0.3 is 25.2 Å². The number of rotatable bonds is 9. The molecule has 2 aromatic rings. The van der Waals surface area contributed by atoms with Crippen molar-refractivity contribution >= 4 is 17.3 Å². The van der Waals surface area contributed by atoms with E-state index in [0.717, 1.165) is 5.56 Å². The molecule has 9 nitrogen and oxygen atoms in total. The van der Waals surface area contributed by atoms with Crippen LogP contribution in [0.25, 0.3) is 0 Å². The zero-order valence-electron chi connectivity index (χ0n) is 15.9. The molecule has 0 aliphatic heterocycles. The normalized spacial score (nSPS) is 11.4. The molecule has 2 rings (SSSR count). The maximum atomic E-state index is 12.7. The van der Waals surface area contributed by atoms with Gasteiger partial charge in [0, 0.05) is 36.5 Å². The lowest BCUT2D eigenvalue weighted by molar-refractivity contribution is -0.384. The second-order valence-corrected chi connectivity index (χ2v) is 6.12. The van der Waals surface area contributed by atoms with Crippen LogP contribution in [0.3, 0.4) is 0 Å². The largest absolute Gasteiger partial charge is 0.497 e. The summed E-state index contributed by atoms with van der Waals surface area (Å²) >= 11 is 0. The van der Waals surface area contributed by atoms with Crippen LogP contribution in [0, 0.1) is 10.1 Å². The van der Waals surface area contributed by atoms with E-state index in [9.17, 15) is 20.0 Å². The molecule has 0 radical (unpaired) electrons. The quantitative estimate of drug-likeness (QED) is 0.444. The maximum Gasteiger partial charge on any atom is 0.270 e. The number of benzene rings is 2. The molecule has 0 aliphatic rings. The van der Waals surface area contributed by atoms with Gasteiger partial charge in [-0.15, -0.1) is 0 Å². The molecule has 1 atom stereocenters. The Bertz CT molecular complexity index is 833. The van der Waals surface area contributed by atoms with Crippen LogP contribution in [-0.2, 0) is 6.54 Å². The van der Waals surface area contributed by atoms with Gasteiger partial charge in [-0.25, -0.2) is 0 Å². The number of nitrogens with zero attached hydrogens (tertiary/aromatic N) is 1. The third-order valence-corrected chi connectivity index (χ3v) is 4.00. The fourth-order valence-electron chi connectivity index (χ4n) is 2.52. The molecule has 1 amide bonds. The number of anilines is 1. The van der Waals surface area contributed by atoms with Gasteiger partial charge in [-0.1, -0.05) is 0 Å². The minimum Gasteiger partial charge on any atom is -0.497 e. The molecule has 0 aromatic heterocycles. The molecule has 28 heavy (non-hydrogen) atoms. The van der Waals surface area contributed by atoms with Gasteiger partial charge in [-0.3, -0.25) is 14.9 Å². The van der Waals surface area contributed by atoms with E-state index in [0.29, 0.717) is 17.2 Å². The lowest BCUT2D eigenvalue weighted by Gasteiger charge is -2.16. The highest BCUT2D eigenvalue weighted by molar-refractivity contribution is 6.00. The van der Waals surface area contributed by atoms with Crippen molar-refractivity contribution in [3.05, 3.63) is 57.6 Å². The van der Waals surface area contributed by atoms with Crippen LogP contribution in [0.2, 0.25) is 0 Å². The van der Waals surface area contributed by atoms with E-state index >= 15 is 0 Å². The smallest absolute Gasteiger partial charge is 0.270 e. The maximum absolute atomic E-state index is 12.7. The van der Waals surface area contributed by atoms with E-state index < -0.39 is 10.8 Å². The van der Waals surface area contributed by atoms with E-state index in [1.54, 1.807) is 25.1 Å². The number of aliphatic hydroxyl groups is 1. The Labute approximate surface area is 162 Å². The van der Waals surface area contributed by atoms with Crippen molar-refractivity contribution in [2.45, 2.75) is 19.5 Å². The van der Waals surface area contributed by atoms with Crippen LogP contribution in [0.4, 0.5) is 11.4 Å². The first-order valence-electron chi connectivity index (χ1n) is 8.54. The van der Waals surface area contributed by atoms with Gasteiger partial charge in [0.15, 0.2) is 0 Å². The van der Waals surface area contributed by atoms with Crippen molar-refractivity contribution in [3.63, 3.8) is 0 Å². The van der Waals surface area contributed by atoms with Gasteiger partial charge in [0.25, 0.3) is 11.6 Å². The lowest BCUT2D eigenvalue weighted by atomic mass is 10.1. The molecule has 0 spiro atoms. The Hall–Kier alpha value is -3.33. The van der Waals surface area contributed by atoms with Crippen LogP contribution in [0.5, 0.6) is 11.5 Å². The number of carbonyl (C=O) groups excluding carboxylic acids is 1. The summed E-state index contributed by atoms with van der Waals surface area (Å²) in [7, 11) is 3.06. The number of nitro benzene ring substituents is 1. The fourth-order valence-corrected chi connectivity index (χ4v) is 2.52. The van der Waals surface area contributed by atoms with Crippen molar-refractivity contribution in [3.8, 4) is 11.5 Å². The molecule has 0 fully saturated rings.